The third kappa shape index (κ3) is 1.69. The average Bonchev–Trinajstić information content (AvgIpc) is 2.88. The largest absolute Gasteiger partial charge is 0.385 e. The molecule has 19 heavy (non-hydrogen) atoms. The third-order valence-electron chi connectivity index (χ3n) is 5.57. The molecule has 0 radical (unpaired) electrons. The molecule has 2 nitrogen and oxygen atoms in total. The molecule has 1 saturated carbocycles. The van der Waals surface area contributed by atoms with E-state index in [2.05, 4.69) is 12.2 Å². The molecule has 4 atom stereocenters. The smallest absolute Gasteiger partial charge is 0.184 e. The number of rotatable bonds is 0. The van der Waals surface area contributed by atoms with Crippen LogP contribution >= 0.6 is 0 Å². The SMILES string of the molecule is O=C1C=C2CC[C@@H]3C(=C2CC1O)C=C[C@@H]1CCC[C@H]13. The quantitative estimate of drug-likeness (QED) is 0.723. The van der Waals surface area contributed by atoms with Crippen LogP contribution in [0.3, 0.4) is 0 Å². The van der Waals surface area contributed by atoms with Crippen LogP contribution in [-0.4, -0.2) is 17.0 Å². The highest BCUT2D eigenvalue weighted by Crippen LogP contribution is 2.51. The van der Waals surface area contributed by atoms with E-state index in [-0.39, 0.29) is 5.78 Å². The van der Waals surface area contributed by atoms with Gasteiger partial charge in [0.15, 0.2) is 5.78 Å². The summed E-state index contributed by atoms with van der Waals surface area (Å²) in [5, 5.41) is 9.84. The number of aliphatic hydroxyl groups excluding tert-OH is 1. The third-order valence-corrected chi connectivity index (χ3v) is 5.57. The Morgan fingerprint density at radius 2 is 2.11 bits per heavy atom. The predicted molar refractivity (Wildman–Crippen MR) is 73.4 cm³/mol. The molecule has 0 amide bonds. The monoisotopic (exact) mass is 256 g/mol. The molecule has 4 rings (SSSR count). The van der Waals surface area contributed by atoms with Crippen LogP contribution in [0.4, 0.5) is 0 Å². The number of aliphatic hydroxyl groups is 1. The summed E-state index contributed by atoms with van der Waals surface area (Å²) in [6, 6.07) is 0. The van der Waals surface area contributed by atoms with Gasteiger partial charge in [0.1, 0.15) is 6.10 Å². The van der Waals surface area contributed by atoms with Crippen LogP contribution in [0.2, 0.25) is 0 Å². The number of hydrogen-bond acceptors (Lipinski definition) is 2. The second-order valence-electron chi connectivity index (χ2n) is 6.49. The summed E-state index contributed by atoms with van der Waals surface area (Å²) >= 11 is 0. The van der Waals surface area contributed by atoms with Crippen molar-refractivity contribution in [1.82, 2.24) is 0 Å². The van der Waals surface area contributed by atoms with Gasteiger partial charge in [-0.1, -0.05) is 18.6 Å². The first-order chi connectivity index (χ1) is 9.24. The summed E-state index contributed by atoms with van der Waals surface area (Å²) in [4.78, 5) is 11.6. The molecule has 0 aromatic carbocycles. The van der Waals surface area contributed by atoms with Crippen LogP contribution in [0.15, 0.2) is 34.9 Å². The Morgan fingerprint density at radius 3 is 3.00 bits per heavy atom. The Bertz CT molecular complexity index is 523. The first-order valence-electron chi connectivity index (χ1n) is 7.58. The zero-order valence-corrected chi connectivity index (χ0v) is 11.1. The van der Waals surface area contributed by atoms with Crippen molar-refractivity contribution in [2.45, 2.75) is 44.6 Å². The van der Waals surface area contributed by atoms with Crippen molar-refractivity contribution in [3.8, 4) is 0 Å². The number of fused-ring (bicyclic) bond motifs is 4. The van der Waals surface area contributed by atoms with Gasteiger partial charge in [-0.05, 0) is 66.2 Å². The van der Waals surface area contributed by atoms with E-state index in [1.54, 1.807) is 6.08 Å². The number of hydrogen-bond donors (Lipinski definition) is 1. The summed E-state index contributed by atoms with van der Waals surface area (Å²) < 4.78 is 0. The van der Waals surface area contributed by atoms with Crippen LogP contribution in [0, 0.1) is 17.8 Å². The highest BCUT2D eigenvalue weighted by Gasteiger charge is 2.40. The minimum Gasteiger partial charge on any atom is -0.385 e. The van der Waals surface area contributed by atoms with Crippen molar-refractivity contribution in [2.24, 2.45) is 17.8 Å². The van der Waals surface area contributed by atoms with Crippen molar-refractivity contribution in [1.29, 1.82) is 0 Å². The minimum atomic E-state index is -0.806. The molecule has 4 aliphatic carbocycles. The topological polar surface area (TPSA) is 37.3 Å². The van der Waals surface area contributed by atoms with E-state index in [0.29, 0.717) is 12.3 Å². The molecule has 1 N–H and O–H groups in total. The maximum absolute atomic E-state index is 11.6. The lowest BCUT2D eigenvalue weighted by Crippen LogP contribution is -2.31. The van der Waals surface area contributed by atoms with Gasteiger partial charge in [0, 0.05) is 6.42 Å². The molecule has 1 fully saturated rings. The second kappa shape index (κ2) is 4.17. The highest BCUT2D eigenvalue weighted by atomic mass is 16.3. The Balaban J connectivity index is 1.80. The maximum atomic E-state index is 11.6. The second-order valence-corrected chi connectivity index (χ2v) is 6.49. The van der Waals surface area contributed by atoms with Gasteiger partial charge in [-0.2, -0.15) is 0 Å². The predicted octanol–water partition coefficient (Wildman–Crippen LogP) is 2.94. The molecule has 0 saturated heterocycles. The van der Waals surface area contributed by atoms with E-state index in [1.807, 2.05) is 0 Å². The van der Waals surface area contributed by atoms with Gasteiger partial charge in [-0.15, -0.1) is 0 Å². The Labute approximate surface area is 113 Å². The fourth-order valence-corrected chi connectivity index (χ4v) is 4.65. The van der Waals surface area contributed by atoms with E-state index in [0.717, 1.165) is 18.3 Å². The summed E-state index contributed by atoms with van der Waals surface area (Å²) in [5.41, 5.74) is 3.92. The molecule has 2 heteroatoms. The standard InChI is InChI=1S/C17H20O2/c18-16-8-11-5-7-13-12-3-1-2-10(12)4-6-14(13)15(11)9-17(16)19/h4,6,8,10,12-13,17,19H,1-3,5,7,9H2/t10-,12+,13-,17?/m0/s1. The van der Waals surface area contributed by atoms with E-state index in [1.165, 1.54) is 42.4 Å². The fraction of sp³-hybridized carbons (Fsp3) is 0.588. The zero-order chi connectivity index (χ0) is 13.0. The van der Waals surface area contributed by atoms with Crippen molar-refractivity contribution < 1.29 is 9.90 Å². The highest BCUT2D eigenvalue weighted by molar-refractivity contribution is 5.96. The zero-order valence-electron chi connectivity index (χ0n) is 11.1. The summed E-state index contributed by atoms with van der Waals surface area (Å²) in [5.74, 6) is 2.19. The fourth-order valence-electron chi connectivity index (χ4n) is 4.65. The molecule has 0 spiro atoms. The number of allylic oxidation sites excluding steroid dienone is 4. The van der Waals surface area contributed by atoms with Crippen LogP contribution in [0.25, 0.3) is 0 Å². The molecule has 0 aromatic heterocycles. The van der Waals surface area contributed by atoms with Crippen LogP contribution in [-0.2, 0) is 4.79 Å². The normalized spacial score (nSPS) is 40.7. The Kier molecular flexibility index (Phi) is 2.56. The maximum Gasteiger partial charge on any atom is 0.184 e. The molecule has 0 aromatic rings. The van der Waals surface area contributed by atoms with Gasteiger partial charge in [0.2, 0.25) is 0 Å². The number of carbonyl (C=O) groups excluding carboxylic acids is 1. The van der Waals surface area contributed by atoms with Crippen LogP contribution < -0.4 is 0 Å². The van der Waals surface area contributed by atoms with Gasteiger partial charge in [0.05, 0.1) is 0 Å². The lowest BCUT2D eigenvalue weighted by atomic mass is 9.66. The van der Waals surface area contributed by atoms with E-state index < -0.39 is 6.10 Å². The van der Waals surface area contributed by atoms with Gasteiger partial charge >= 0.3 is 0 Å². The van der Waals surface area contributed by atoms with Crippen molar-refractivity contribution in [3.63, 3.8) is 0 Å². The van der Waals surface area contributed by atoms with Gasteiger partial charge in [0.25, 0.3) is 0 Å². The molecule has 1 unspecified atom stereocenters. The lowest BCUT2D eigenvalue weighted by molar-refractivity contribution is -0.122. The first kappa shape index (κ1) is 11.7. The average molecular weight is 256 g/mol. The lowest BCUT2D eigenvalue weighted by Gasteiger charge is -2.39. The van der Waals surface area contributed by atoms with Gasteiger partial charge in [-0.25, -0.2) is 0 Å². The summed E-state index contributed by atoms with van der Waals surface area (Å²) in [6.07, 6.45) is 12.4. The molecular formula is C17H20O2. The Morgan fingerprint density at radius 1 is 1.21 bits per heavy atom. The molecule has 0 bridgehead atoms. The summed E-state index contributed by atoms with van der Waals surface area (Å²) in [7, 11) is 0. The molecule has 4 aliphatic rings. The van der Waals surface area contributed by atoms with Gasteiger partial charge < -0.3 is 5.11 Å². The van der Waals surface area contributed by atoms with E-state index >= 15 is 0 Å². The molecule has 0 aliphatic heterocycles. The van der Waals surface area contributed by atoms with Gasteiger partial charge in [-0.3, -0.25) is 4.79 Å². The van der Waals surface area contributed by atoms with E-state index in [4.69, 9.17) is 0 Å². The van der Waals surface area contributed by atoms with Crippen molar-refractivity contribution in [2.75, 3.05) is 0 Å². The minimum absolute atomic E-state index is 0.101. The van der Waals surface area contributed by atoms with E-state index in [9.17, 15) is 9.90 Å². The Hall–Kier alpha value is -1.15. The number of carbonyl (C=O) groups is 1. The van der Waals surface area contributed by atoms with Crippen LogP contribution in [0.1, 0.15) is 38.5 Å². The van der Waals surface area contributed by atoms with Crippen molar-refractivity contribution in [3.05, 3.63) is 34.9 Å². The first-order valence-corrected chi connectivity index (χ1v) is 7.58. The van der Waals surface area contributed by atoms with Crippen LogP contribution in [0.5, 0.6) is 0 Å². The molecular weight excluding hydrogens is 236 g/mol. The van der Waals surface area contributed by atoms with Crippen molar-refractivity contribution >= 4 is 5.78 Å². The summed E-state index contributed by atoms with van der Waals surface area (Å²) in [6.45, 7) is 0. The number of ketones is 1. The molecule has 0 heterocycles. The molecule has 100 valence electrons.